The molecule has 4 N–H and O–H groups in total. The molecule has 4 atom stereocenters. The second-order valence-electron chi connectivity index (χ2n) is 7.99. The maximum Gasteiger partial charge on any atom is 0.320 e. The molecule has 27 heavy (non-hydrogen) atoms. The molecule has 8 nitrogen and oxygen atoms in total. The average Bonchev–Trinajstić information content (AvgIpc) is 3.26. The number of carbonyl (C=O) groups excluding carboxylic acids is 1. The van der Waals surface area contributed by atoms with E-state index in [0.717, 1.165) is 63.6 Å². The van der Waals surface area contributed by atoms with Crippen molar-refractivity contribution in [2.45, 2.75) is 88.9 Å². The minimum atomic E-state index is -0.842. The van der Waals surface area contributed by atoms with Gasteiger partial charge in [0, 0.05) is 37.2 Å². The van der Waals surface area contributed by atoms with E-state index in [1.807, 2.05) is 10.9 Å². The smallest absolute Gasteiger partial charge is 0.320 e. The third-order valence-electron chi connectivity index (χ3n) is 5.83. The molecule has 4 unspecified atom stereocenters. The molecule has 1 fully saturated rings. The zero-order valence-electron chi connectivity index (χ0n) is 15.8. The summed E-state index contributed by atoms with van der Waals surface area (Å²) in [5.74, 6) is -0.769. The number of aryl methyl sites for hydroxylation is 2. The zero-order chi connectivity index (χ0) is 19.2. The summed E-state index contributed by atoms with van der Waals surface area (Å²) in [6.45, 7) is 0.739. The molecule has 150 valence electrons. The number of hydrogen-bond donors (Lipinski definition) is 3. The molecule has 0 saturated heterocycles. The third-order valence-corrected chi connectivity index (χ3v) is 5.83. The van der Waals surface area contributed by atoms with E-state index in [2.05, 4.69) is 15.6 Å². The van der Waals surface area contributed by atoms with Gasteiger partial charge in [-0.2, -0.15) is 0 Å². The predicted octanol–water partition coefficient (Wildman–Crippen LogP) is 1.28. The van der Waals surface area contributed by atoms with Gasteiger partial charge in [-0.15, -0.1) is 5.10 Å². The molecule has 2 bridgehead atoms. The molecule has 2 aliphatic rings. The number of nitrogens with zero attached hydrogens (tertiary/aromatic N) is 3. The van der Waals surface area contributed by atoms with E-state index >= 15 is 0 Å². The molecule has 1 aromatic heterocycles. The van der Waals surface area contributed by atoms with Crippen molar-refractivity contribution in [2.24, 2.45) is 11.7 Å². The first kappa shape index (κ1) is 19.9. The number of carbonyl (C=O) groups is 2. The van der Waals surface area contributed by atoms with Crippen LogP contribution in [0.2, 0.25) is 0 Å². The van der Waals surface area contributed by atoms with Crippen LogP contribution in [0.4, 0.5) is 0 Å². The van der Waals surface area contributed by atoms with Gasteiger partial charge in [0.2, 0.25) is 0 Å². The van der Waals surface area contributed by atoms with E-state index in [1.165, 1.54) is 0 Å². The molecule has 1 aliphatic heterocycles. The Morgan fingerprint density at radius 1 is 1.19 bits per heavy atom. The summed E-state index contributed by atoms with van der Waals surface area (Å²) in [7, 11) is 0. The number of Topliss-reactive ketones (excluding diaryl/α,β-unsaturated/α-hetero) is 1. The number of aromatic nitrogens is 3. The highest BCUT2D eigenvalue weighted by atomic mass is 16.4. The monoisotopic (exact) mass is 377 g/mol. The molecule has 8 heteroatoms. The lowest BCUT2D eigenvalue weighted by molar-refractivity contribution is -0.140. The first-order valence-corrected chi connectivity index (χ1v) is 10.2. The molecule has 3 rings (SSSR count). The van der Waals surface area contributed by atoms with Crippen LogP contribution in [0.5, 0.6) is 0 Å². The number of carboxylic acids is 1. The van der Waals surface area contributed by atoms with Crippen LogP contribution in [0.15, 0.2) is 6.20 Å². The lowest BCUT2D eigenvalue weighted by Gasteiger charge is -2.25. The van der Waals surface area contributed by atoms with Crippen LogP contribution in [0.1, 0.15) is 63.5 Å². The highest BCUT2D eigenvalue weighted by Gasteiger charge is 2.35. The van der Waals surface area contributed by atoms with Crippen molar-refractivity contribution in [2.75, 3.05) is 0 Å². The van der Waals surface area contributed by atoms with Gasteiger partial charge in [-0.3, -0.25) is 14.3 Å². The predicted molar refractivity (Wildman–Crippen MR) is 100 cm³/mol. The van der Waals surface area contributed by atoms with Gasteiger partial charge in [-0.05, 0) is 51.4 Å². The fraction of sp³-hybridized carbons (Fsp3) is 0.789. The molecule has 2 heterocycles. The SMILES string of the molecule is NC1CCCc2cn(nn2)CCCCC(C(=O)O)NC2CCCC2C(=O)C1. The Kier molecular flexibility index (Phi) is 6.95. The van der Waals surface area contributed by atoms with Gasteiger partial charge in [-0.25, -0.2) is 0 Å². The van der Waals surface area contributed by atoms with Crippen molar-refractivity contribution in [3.05, 3.63) is 11.9 Å². The summed E-state index contributed by atoms with van der Waals surface area (Å²) in [4.78, 5) is 24.4. The Balaban J connectivity index is 1.69. The van der Waals surface area contributed by atoms with Crippen LogP contribution in [0.3, 0.4) is 0 Å². The number of fused-ring (bicyclic) bond motifs is 3. The quantitative estimate of drug-likeness (QED) is 0.673. The third kappa shape index (κ3) is 5.59. The lowest BCUT2D eigenvalue weighted by Crippen LogP contribution is -2.47. The molecule has 1 saturated carbocycles. The molecule has 0 spiro atoms. The summed E-state index contributed by atoms with van der Waals surface area (Å²) in [6, 6.07) is -0.808. The average molecular weight is 377 g/mol. The van der Waals surface area contributed by atoms with Gasteiger partial charge in [0.15, 0.2) is 0 Å². The first-order valence-electron chi connectivity index (χ1n) is 10.2. The van der Waals surface area contributed by atoms with Crippen molar-refractivity contribution < 1.29 is 14.7 Å². The number of hydrogen-bond acceptors (Lipinski definition) is 6. The Labute approximate surface area is 159 Å². The van der Waals surface area contributed by atoms with Crippen molar-refractivity contribution in [3.63, 3.8) is 0 Å². The van der Waals surface area contributed by atoms with Crippen LogP contribution in [0, 0.1) is 5.92 Å². The van der Waals surface area contributed by atoms with Gasteiger partial charge in [0.05, 0.1) is 5.69 Å². The standard InChI is InChI=1S/C19H31N5O3/c20-13-5-3-6-14-12-24(23-22-14)10-2-1-8-17(19(26)27)21-16-9-4-7-15(16)18(25)11-13/h12-13,15-17,21H,1-11,20H2,(H,26,27). The largest absolute Gasteiger partial charge is 0.480 e. The second kappa shape index (κ2) is 9.41. The van der Waals surface area contributed by atoms with Gasteiger partial charge in [0.1, 0.15) is 11.8 Å². The molecular weight excluding hydrogens is 346 g/mol. The minimum absolute atomic E-state index is 0.0427. The number of rotatable bonds is 1. The molecule has 0 radical (unpaired) electrons. The molecule has 0 aromatic carbocycles. The zero-order valence-corrected chi connectivity index (χ0v) is 15.8. The lowest BCUT2D eigenvalue weighted by atomic mass is 9.91. The van der Waals surface area contributed by atoms with Crippen LogP contribution < -0.4 is 11.1 Å². The highest BCUT2D eigenvalue weighted by molar-refractivity contribution is 5.82. The minimum Gasteiger partial charge on any atom is -0.480 e. The van der Waals surface area contributed by atoms with Crippen LogP contribution in [-0.4, -0.2) is 50.0 Å². The Morgan fingerprint density at radius 2 is 2.04 bits per heavy atom. The normalized spacial score (nSPS) is 31.2. The molecule has 1 aliphatic carbocycles. The molecule has 0 amide bonds. The van der Waals surface area contributed by atoms with E-state index in [-0.39, 0.29) is 23.8 Å². The maximum absolute atomic E-state index is 12.7. The van der Waals surface area contributed by atoms with Gasteiger partial charge in [0.25, 0.3) is 0 Å². The van der Waals surface area contributed by atoms with Gasteiger partial charge in [-0.1, -0.05) is 11.6 Å². The van der Waals surface area contributed by atoms with Crippen molar-refractivity contribution in [3.8, 4) is 0 Å². The second-order valence-corrected chi connectivity index (χ2v) is 7.99. The summed E-state index contributed by atoms with van der Waals surface area (Å²) >= 11 is 0. The number of aliphatic carboxylic acids is 1. The topological polar surface area (TPSA) is 123 Å². The van der Waals surface area contributed by atoms with Crippen LogP contribution in [0.25, 0.3) is 0 Å². The van der Waals surface area contributed by atoms with E-state index in [1.54, 1.807) is 0 Å². The number of ketones is 1. The number of nitrogens with two attached hydrogens (primary N) is 1. The summed E-state index contributed by atoms with van der Waals surface area (Å²) in [5, 5.41) is 21.2. The van der Waals surface area contributed by atoms with E-state index in [0.29, 0.717) is 12.8 Å². The van der Waals surface area contributed by atoms with Crippen LogP contribution >= 0.6 is 0 Å². The van der Waals surface area contributed by atoms with Crippen molar-refractivity contribution >= 4 is 11.8 Å². The summed E-state index contributed by atoms with van der Waals surface area (Å²) < 4.78 is 1.83. The molecule has 1 aromatic rings. The van der Waals surface area contributed by atoms with Gasteiger partial charge >= 0.3 is 5.97 Å². The Morgan fingerprint density at radius 3 is 2.85 bits per heavy atom. The Hall–Kier alpha value is -1.80. The van der Waals surface area contributed by atoms with E-state index < -0.39 is 12.0 Å². The van der Waals surface area contributed by atoms with Gasteiger partial charge < -0.3 is 16.2 Å². The summed E-state index contributed by atoms with van der Waals surface area (Å²) in [6.07, 6.45) is 9.64. The van der Waals surface area contributed by atoms with Crippen molar-refractivity contribution in [1.29, 1.82) is 0 Å². The van der Waals surface area contributed by atoms with E-state index in [9.17, 15) is 14.7 Å². The fourth-order valence-corrected chi connectivity index (χ4v) is 4.32. The maximum atomic E-state index is 12.7. The van der Waals surface area contributed by atoms with Crippen molar-refractivity contribution in [1.82, 2.24) is 20.3 Å². The first-order chi connectivity index (χ1) is 13.0. The summed E-state index contributed by atoms with van der Waals surface area (Å²) in [5.41, 5.74) is 7.14. The number of carboxylic acid groups (broad SMARTS) is 1. The van der Waals surface area contributed by atoms with E-state index in [4.69, 9.17) is 5.73 Å². The highest BCUT2D eigenvalue weighted by Crippen LogP contribution is 2.29. The molecular formula is C19H31N5O3. The number of nitrogens with one attached hydrogen (secondary N) is 1. The fourth-order valence-electron chi connectivity index (χ4n) is 4.32. The van der Waals surface area contributed by atoms with Crippen LogP contribution in [-0.2, 0) is 22.6 Å². The Bertz CT molecular complexity index is 647.